The van der Waals surface area contributed by atoms with Crippen molar-refractivity contribution in [1.29, 1.82) is 0 Å². The van der Waals surface area contributed by atoms with Crippen molar-refractivity contribution in [3.63, 3.8) is 0 Å². The molecular weight excluding hydrogens is 410 g/mol. The summed E-state index contributed by atoms with van der Waals surface area (Å²) in [5.41, 5.74) is 1.61. The Morgan fingerprint density at radius 3 is 2.63 bits per heavy atom. The molecule has 0 aliphatic heterocycles. The molecule has 0 aliphatic rings. The van der Waals surface area contributed by atoms with E-state index in [0.29, 0.717) is 39.7 Å². The molecule has 0 amide bonds. The highest BCUT2D eigenvalue weighted by Crippen LogP contribution is 2.26. The van der Waals surface area contributed by atoms with Crippen LogP contribution in [-0.4, -0.2) is 50.0 Å². The minimum Gasteiger partial charge on any atom is -0.497 e. The van der Waals surface area contributed by atoms with Gasteiger partial charge in [0.05, 0.1) is 31.2 Å². The Morgan fingerprint density at radius 1 is 1.23 bits per heavy atom. The number of hydrogen-bond acceptors (Lipinski definition) is 9. The van der Waals surface area contributed by atoms with Crippen LogP contribution in [-0.2, 0) is 5.88 Å². The number of nitrogens with zero attached hydrogens (tertiary/aromatic N) is 7. The first-order valence-corrected chi connectivity index (χ1v) is 9.83. The van der Waals surface area contributed by atoms with E-state index in [-0.39, 0.29) is 5.69 Å². The van der Waals surface area contributed by atoms with Gasteiger partial charge in [-0.3, -0.25) is 14.8 Å². The van der Waals surface area contributed by atoms with E-state index in [1.54, 1.807) is 62.7 Å². The summed E-state index contributed by atoms with van der Waals surface area (Å²) < 4.78 is 13.8. The molecule has 0 unspecified atom stereocenters. The van der Waals surface area contributed by atoms with Crippen LogP contribution < -0.4 is 9.47 Å². The number of aryl methyl sites for hydroxylation is 2. The number of benzene rings is 1. The van der Waals surface area contributed by atoms with Crippen LogP contribution in [0.3, 0.4) is 0 Å². The second-order valence-corrected chi connectivity index (χ2v) is 7.16. The summed E-state index contributed by atoms with van der Waals surface area (Å²) in [5.74, 6) is 2.25. The van der Waals surface area contributed by atoms with Crippen molar-refractivity contribution in [3.05, 3.63) is 51.1 Å². The van der Waals surface area contributed by atoms with Crippen molar-refractivity contribution >= 4 is 23.7 Å². The van der Waals surface area contributed by atoms with Crippen LogP contribution in [0, 0.1) is 30.9 Å². The molecule has 0 radical (unpaired) electrons. The maximum atomic E-state index is 11.2. The van der Waals surface area contributed by atoms with Crippen LogP contribution in [0.5, 0.6) is 11.5 Å². The normalized spacial score (nSPS) is 11.2. The summed E-state index contributed by atoms with van der Waals surface area (Å²) in [6.45, 7) is 5.07. The van der Waals surface area contributed by atoms with Gasteiger partial charge in [0.15, 0.2) is 5.82 Å². The maximum absolute atomic E-state index is 11.2. The molecule has 0 bridgehead atoms. The fourth-order valence-corrected chi connectivity index (χ4v) is 3.71. The van der Waals surface area contributed by atoms with Crippen LogP contribution >= 0.6 is 11.8 Å². The maximum Gasteiger partial charge on any atom is 0.312 e. The first kappa shape index (κ1) is 21.3. The zero-order valence-electron chi connectivity index (χ0n) is 17.2. The van der Waals surface area contributed by atoms with Crippen LogP contribution in [0.4, 0.5) is 5.69 Å². The van der Waals surface area contributed by atoms with Gasteiger partial charge in [-0.05, 0) is 39.0 Å². The minimum absolute atomic E-state index is 0.0244. The predicted octanol–water partition coefficient (Wildman–Crippen LogP) is 2.96. The zero-order chi connectivity index (χ0) is 21.8. The van der Waals surface area contributed by atoms with Crippen LogP contribution in [0.25, 0.3) is 0 Å². The van der Waals surface area contributed by atoms with Gasteiger partial charge in [-0.25, -0.2) is 0 Å². The Kier molecular flexibility index (Phi) is 6.35. The largest absolute Gasteiger partial charge is 0.497 e. The van der Waals surface area contributed by atoms with Gasteiger partial charge in [-0.1, -0.05) is 11.8 Å². The van der Waals surface area contributed by atoms with E-state index in [1.165, 1.54) is 11.8 Å². The lowest BCUT2D eigenvalue weighted by Crippen LogP contribution is -2.03. The second kappa shape index (κ2) is 8.95. The fourth-order valence-electron chi connectivity index (χ4n) is 2.82. The molecule has 0 saturated carbocycles. The Balaban J connectivity index is 1.84. The van der Waals surface area contributed by atoms with Crippen molar-refractivity contribution in [2.75, 3.05) is 14.2 Å². The zero-order valence-corrected chi connectivity index (χ0v) is 18.0. The Morgan fingerprint density at radius 2 is 2.00 bits per heavy atom. The van der Waals surface area contributed by atoms with Crippen LogP contribution in [0.15, 0.2) is 28.5 Å². The van der Waals surface area contributed by atoms with Crippen molar-refractivity contribution in [3.8, 4) is 11.5 Å². The lowest BCUT2D eigenvalue weighted by atomic mass is 10.2. The van der Waals surface area contributed by atoms with Gasteiger partial charge in [0.1, 0.15) is 22.9 Å². The number of ether oxygens (including phenoxy) is 2. The molecule has 0 atom stereocenters. The van der Waals surface area contributed by atoms with Crippen molar-refractivity contribution in [2.24, 2.45) is 5.10 Å². The van der Waals surface area contributed by atoms with Gasteiger partial charge in [-0.2, -0.15) is 14.9 Å². The summed E-state index contributed by atoms with van der Waals surface area (Å²) in [4.78, 5) is 10.8. The SMILES string of the molecule is COc1ccc(OC)c(/C=N\n2c(C)nnc2SCn2nc(C)c([N+](=O)[O-])c2C)c1. The predicted molar refractivity (Wildman–Crippen MR) is 112 cm³/mol. The number of rotatable bonds is 8. The highest BCUT2D eigenvalue weighted by molar-refractivity contribution is 7.98. The monoisotopic (exact) mass is 431 g/mol. The molecule has 2 aromatic heterocycles. The van der Waals surface area contributed by atoms with E-state index in [9.17, 15) is 10.1 Å². The number of methoxy groups -OCH3 is 2. The molecule has 30 heavy (non-hydrogen) atoms. The lowest BCUT2D eigenvalue weighted by molar-refractivity contribution is -0.386. The summed E-state index contributed by atoms with van der Waals surface area (Å²) in [6.07, 6.45) is 1.63. The van der Waals surface area contributed by atoms with E-state index < -0.39 is 4.92 Å². The van der Waals surface area contributed by atoms with Gasteiger partial charge < -0.3 is 9.47 Å². The van der Waals surface area contributed by atoms with Gasteiger partial charge in [0, 0.05) is 5.56 Å². The molecule has 3 rings (SSSR count). The van der Waals surface area contributed by atoms with Gasteiger partial charge in [-0.15, -0.1) is 10.2 Å². The van der Waals surface area contributed by atoms with Gasteiger partial charge in [0.25, 0.3) is 0 Å². The first-order valence-electron chi connectivity index (χ1n) is 8.85. The topological polar surface area (TPSA) is 122 Å². The molecule has 0 saturated heterocycles. The third-order valence-corrected chi connectivity index (χ3v) is 5.25. The van der Waals surface area contributed by atoms with Crippen molar-refractivity contribution in [1.82, 2.24) is 24.7 Å². The van der Waals surface area contributed by atoms with Crippen molar-refractivity contribution in [2.45, 2.75) is 31.8 Å². The van der Waals surface area contributed by atoms with Gasteiger partial charge >= 0.3 is 5.69 Å². The van der Waals surface area contributed by atoms with E-state index in [4.69, 9.17) is 9.47 Å². The number of nitro groups is 1. The molecule has 0 aliphatic carbocycles. The summed E-state index contributed by atoms with van der Waals surface area (Å²) in [7, 11) is 3.17. The molecule has 0 fully saturated rings. The van der Waals surface area contributed by atoms with Crippen LogP contribution in [0.1, 0.15) is 22.8 Å². The Bertz CT molecular complexity index is 1110. The molecule has 11 nitrogen and oxygen atoms in total. The highest BCUT2D eigenvalue weighted by Gasteiger charge is 2.22. The second-order valence-electron chi connectivity index (χ2n) is 6.24. The summed E-state index contributed by atoms with van der Waals surface area (Å²) in [5, 5.41) is 28.7. The van der Waals surface area contributed by atoms with Gasteiger partial charge in [0.2, 0.25) is 5.16 Å². The van der Waals surface area contributed by atoms with E-state index in [2.05, 4.69) is 20.4 Å². The van der Waals surface area contributed by atoms with Crippen molar-refractivity contribution < 1.29 is 14.4 Å². The van der Waals surface area contributed by atoms with Crippen LogP contribution in [0.2, 0.25) is 0 Å². The molecule has 2 heterocycles. The molecule has 1 aromatic carbocycles. The molecule has 0 spiro atoms. The average Bonchev–Trinajstić information content (AvgIpc) is 3.22. The standard InChI is InChI=1S/C18H21N7O4S/c1-11-17(25(26)27)12(2)23(22-11)10-30-18-21-20-13(3)24(18)19-9-14-8-15(28-4)6-7-16(14)29-5/h6-9H,10H2,1-5H3/b19-9-. The number of hydrogen-bond donors (Lipinski definition) is 0. The molecule has 158 valence electrons. The average molecular weight is 431 g/mol. The Labute approximate surface area is 176 Å². The number of aromatic nitrogens is 5. The van der Waals surface area contributed by atoms with E-state index in [0.717, 1.165) is 5.56 Å². The summed E-state index contributed by atoms with van der Waals surface area (Å²) in [6, 6.07) is 5.41. The minimum atomic E-state index is -0.419. The molecule has 12 heteroatoms. The summed E-state index contributed by atoms with van der Waals surface area (Å²) >= 11 is 1.32. The number of thioether (sulfide) groups is 1. The Hall–Kier alpha value is -3.41. The first-order chi connectivity index (χ1) is 14.3. The smallest absolute Gasteiger partial charge is 0.312 e. The quantitative estimate of drug-likeness (QED) is 0.231. The van der Waals surface area contributed by atoms with E-state index >= 15 is 0 Å². The third kappa shape index (κ3) is 4.27. The molecule has 3 aromatic rings. The molecule has 0 N–H and O–H groups in total. The van der Waals surface area contributed by atoms with E-state index in [1.807, 2.05) is 6.07 Å². The molecular formula is C18H21N7O4S. The third-order valence-electron chi connectivity index (χ3n) is 4.36. The lowest BCUT2D eigenvalue weighted by Gasteiger charge is -2.07. The highest BCUT2D eigenvalue weighted by atomic mass is 32.2. The fraction of sp³-hybridized carbons (Fsp3) is 0.333.